The second kappa shape index (κ2) is 10.3. The lowest BCUT2D eigenvalue weighted by Gasteiger charge is -2.14. The number of aliphatic imine (C=N–C) groups is 1. The molecule has 2 rings (SSSR count). The number of carbonyl (C=O) groups excluding carboxylic acids is 1. The zero-order valence-electron chi connectivity index (χ0n) is 14.8. The molecule has 0 radical (unpaired) electrons. The molecular formula is C18H20ClFN4O4. The number of carboxylic acids is 1. The van der Waals surface area contributed by atoms with Crippen LogP contribution in [0.1, 0.15) is 19.3 Å². The van der Waals surface area contributed by atoms with Crippen LogP contribution in [0, 0.1) is 5.82 Å². The Labute approximate surface area is 165 Å². The molecule has 0 aromatic heterocycles. The zero-order valence-corrected chi connectivity index (χ0v) is 15.6. The topological polar surface area (TPSA) is 123 Å². The number of nitrogens with one attached hydrogen (secondary N) is 3. The third-order valence-electron chi connectivity index (χ3n) is 3.69. The average Bonchev–Trinajstić information content (AvgIpc) is 2.63. The molecule has 10 heteroatoms. The van der Waals surface area contributed by atoms with Gasteiger partial charge in [-0.05, 0) is 36.6 Å². The molecule has 0 fully saturated rings. The molecule has 2 amide bonds. The van der Waals surface area contributed by atoms with Gasteiger partial charge in [0.15, 0.2) is 11.6 Å². The Morgan fingerprint density at radius 3 is 2.68 bits per heavy atom. The van der Waals surface area contributed by atoms with E-state index < -0.39 is 23.6 Å². The maximum Gasteiger partial charge on any atom is 0.321 e. The number of phenolic OH excluding ortho intramolecular Hbond substituents is 1. The van der Waals surface area contributed by atoms with Crippen molar-refractivity contribution in [3.05, 3.63) is 46.8 Å². The lowest BCUT2D eigenvalue weighted by molar-refractivity contribution is -0.136. The number of hydrogen-bond donors (Lipinski definition) is 5. The van der Waals surface area contributed by atoms with Crippen LogP contribution in [-0.2, 0) is 4.79 Å². The minimum Gasteiger partial charge on any atom is -0.505 e. The van der Waals surface area contributed by atoms with Gasteiger partial charge in [-0.25, -0.2) is 14.2 Å². The number of phenols is 1. The molecule has 0 saturated carbocycles. The molecule has 8 nitrogen and oxygen atoms in total. The van der Waals surface area contributed by atoms with E-state index in [0.717, 1.165) is 23.1 Å². The third kappa shape index (κ3) is 7.28. The van der Waals surface area contributed by atoms with E-state index in [4.69, 9.17) is 16.7 Å². The molecular weight excluding hydrogens is 391 g/mol. The number of benzene rings is 1. The van der Waals surface area contributed by atoms with Crippen molar-refractivity contribution in [1.29, 1.82) is 0 Å². The number of rotatable bonds is 6. The van der Waals surface area contributed by atoms with Crippen molar-refractivity contribution in [2.75, 3.05) is 18.4 Å². The number of aromatic hydroxyl groups is 1. The van der Waals surface area contributed by atoms with Gasteiger partial charge in [0, 0.05) is 23.3 Å². The normalized spacial score (nSPS) is 14.0. The van der Waals surface area contributed by atoms with Gasteiger partial charge in [-0.1, -0.05) is 17.7 Å². The Hall–Kier alpha value is -3.07. The predicted octanol–water partition coefficient (Wildman–Crippen LogP) is 2.92. The molecule has 1 aromatic rings. The van der Waals surface area contributed by atoms with Crippen molar-refractivity contribution in [3.63, 3.8) is 0 Å². The number of aliphatic carboxylic acids is 1. The first-order valence-corrected chi connectivity index (χ1v) is 8.82. The first kappa shape index (κ1) is 21.2. The largest absolute Gasteiger partial charge is 0.505 e. The van der Waals surface area contributed by atoms with E-state index in [1.165, 1.54) is 12.1 Å². The maximum atomic E-state index is 13.5. The van der Waals surface area contributed by atoms with Crippen LogP contribution in [0.15, 0.2) is 45.9 Å². The minimum absolute atomic E-state index is 0.0412. The second-order valence-electron chi connectivity index (χ2n) is 5.92. The highest BCUT2D eigenvalue weighted by Crippen LogP contribution is 2.21. The highest BCUT2D eigenvalue weighted by molar-refractivity contribution is 6.29. The fourth-order valence-electron chi connectivity index (χ4n) is 2.23. The van der Waals surface area contributed by atoms with Gasteiger partial charge in [0.25, 0.3) is 0 Å². The summed E-state index contributed by atoms with van der Waals surface area (Å²) < 4.78 is 13.5. The van der Waals surface area contributed by atoms with E-state index in [0.29, 0.717) is 6.42 Å². The number of nitrogens with zero attached hydrogens (tertiary/aromatic N) is 1. The van der Waals surface area contributed by atoms with Gasteiger partial charge in [-0.2, -0.15) is 0 Å². The second-order valence-corrected chi connectivity index (χ2v) is 6.40. The summed E-state index contributed by atoms with van der Waals surface area (Å²) in [5.74, 6) is -2.33. The van der Waals surface area contributed by atoms with Gasteiger partial charge < -0.3 is 20.8 Å². The standard InChI is InChI=1S/C18H20ClFN4O4/c19-12-3-1-11(2-4-12)10-22-17(24-18(28)21-8-7-16(26)27)23-13-5-6-15(25)14(20)9-13/h1,3,5-6,9,25H,2,4,7-8,10H2,(H,26,27)(H3,21,22,23,24,28). The van der Waals surface area contributed by atoms with Crippen LogP contribution in [0.3, 0.4) is 0 Å². The number of carbonyl (C=O) groups is 2. The average molecular weight is 411 g/mol. The minimum atomic E-state index is -1.04. The summed E-state index contributed by atoms with van der Waals surface area (Å²) in [5.41, 5.74) is 1.26. The SMILES string of the molecule is O=C(O)CCNC(=O)NC(=NCC1=CC=C(Cl)CC1)Nc1ccc(O)c(F)c1. The molecule has 5 N–H and O–H groups in total. The fourth-order valence-corrected chi connectivity index (χ4v) is 2.39. The summed E-state index contributed by atoms with van der Waals surface area (Å²) in [6.45, 7) is 0.218. The van der Waals surface area contributed by atoms with Crippen LogP contribution in [0.25, 0.3) is 0 Å². The predicted molar refractivity (Wildman–Crippen MR) is 104 cm³/mol. The van der Waals surface area contributed by atoms with Crippen molar-refractivity contribution in [2.24, 2.45) is 4.99 Å². The summed E-state index contributed by atoms with van der Waals surface area (Å²) >= 11 is 5.92. The molecule has 1 aliphatic carbocycles. The van der Waals surface area contributed by atoms with Crippen LogP contribution in [0.2, 0.25) is 0 Å². The molecule has 0 unspecified atom stereocenters. The van der Waals surface area contributed by atoms with Gasteiger partial charge in [0.05, 0.1) is 13.0 Å². The Balaban J connectivity index is 2.07. The van der Waals surface area contributed by atoms with Crippen molar-refractivity contribution in [1.82, 2.24) is 10.6 Å². The summed E-state index contributed by atoms with van der Waals surface area (Å²) in [6, 6.07) is 2.98. The smallest absolute Gasteiger partial charge is 0.321 e. The summed E-state index contributed by atoms with van der Waals surface area (Å²) in [7, 11) is 0. The van der Waals surface area contributed by atoms with Crippen LogP contribution >= 0.6 is 11.6 Å². The lowest BCUT2D eigenvalue weighted by Crippen LogP contribution is -2.43. The van der Waals surface area contributed by atoms with Crippen LogP contribution < -0.4 is 16.0 Å². The number of carboxylic acid groups (broad SMARTS) is 1. The maximum absolute atomic E-state index is 13.5. The zero-order chi connectivity index (χ0) is 20.5. The number of urea groups is 1. The molecule has 150 valence electrons. The van der Waals surface area contributed by atoms with Crippen LogP contribution in [0.5, 0.6) is 5.75 Å². The molecule has 0 atom stereocenters. The van der Waals surface area contributed by atoms with Gasteiger partial charge >= 0.3 is 12.0 Å². The number of amides is 2. The molecule has 28 heavy (non-hydrogen) atoms. The van der Waals surface area contributed by atoms with Crippen molar-refractivity contribution in [2.45, 2.75) is 19.3 Å². The van der Waals surface area contributed by atoms with Crippen molar-refractivity contribution >= 4 is 35.2 Å². The quantitative estimate of drug-likeness (QED) is 0.280. The van der Waals surface area contributed by atoms with E-state index in [-0.39, 0.29) is 31.2 Å². The van der Waals surface area contributed by atoms with Crippen molar-refractivity contribution in [3.8, 4) is 5.75 Å². The van der Waals surface area contributed by atoms with Crippen LogP contribution in [0.4, 0.5) is 14.9 Å². The number of guanidine groups is 1. The van der Waals surface area contributed by atoms with Crippen molar-refractivity contribution < 1.29 is 24.2 Å². The number of hydrogen-bond acceptors (Lipinski definition) is 4. The molecule has 0 bridgehead atoms. The molecule has 0 aliphatic heterocycles. The Bertz CT molecular complexity index is 839. The molecule has 1 aromatic carbocycles. The lowest BCUT2D eigenvalue weighted by atomic mass is 10.1. The van der Waals surface area contributed by atoms with Gasteiger partial charge in [-0.15, -0.1) is 0 Å². The van der Waals surface area contributed by atoms with Gasteiger partial charge in [0.2, 0.25) is 5.96 Å². The van der Waals surface area contributed by atoms with E-state index in [9.17, 15) is 19.1 Å². The number of anilines is 1. The molecule has 0 spiro atoms. The first-order chi connectivity index (χ1) is 13.3. The molecule has 0 heterocycles. The van der Waals surface area contributed by atoms with Gasteiger partial charge in [0.1, 0.15) is 0 Å². The van der Waals surface area contributed by atoms with Crippen LogP contribution in [-0.4, -0.2) is 41.3 Å². The summed E-state index contributed by atoms with van der Waals surface area (Å²) in [6.07, 6.45) is 4.84. The monoisotopic (exact) mass is 410 g/mol. The van der Waals surface area contributed by atoms with E-state index in [2.05, 4.69) is 20.9 Å². The van der Waals surface area contributed by atoms with E-state index in [1.54, 1.807) is 6.08 Å². The van der Waals surface area contributed by atoms with E-state index >= 15 is 0 Å². The molecule has 0 saturated heterocycles. The Kier molecular flexibility index (Phi) is 7.82. The summed E-state index contributed by atoms with van der Waals surface area (Å²) in [4.78, 5) is 26.8. The Morgan fingerprint density at radius 2 is 2.04 bits per heavy atom. The highest BCUT2D eigenvalue weighted by atomic mass is 35.5. The fraction of sp³-hybridized carbons (Fsp3) is 0.278. The van der Waals surface area contributed by atoms with E-state index in [1.807, 2.05) is 6.08 Å². The highest BCUT2D eigenvalue weighted by Gasteiger charge is 2.10. The molecule has 1 aliphatic rings. The van der Waals surface area contributed by atoms with Gasteiger partial charge in [-0.3, -0.25) is 10.1 Å². The Morgan fingerprint density at radius 1 is 1.25 bits per heavy atom. The first-order valence-electron chi connectivity index (χ1n) is 8.44. The third-order valence-corrected chi connectivity index (χ3v) is 4.01. The number of allylic oxidation sites excluding steroid dienone is 3. The number of halogens is 2. The summed E-state index contributed by atoms with van der Waals surface area (Å²) in [5, 5.41) is 26.3.